The Morgan fingerprint density at radius 2 is 1.74 bits per heavy atom. The molecule has 27 heavy (non-hydrogen) atoms. The second kappa shape index (κ2) is 7.35. The van der Waals surface area contributed by atoms with Crippen LogP contribution in [0, 0.1) is 6.92 Å². The average Bonchev–Trinajstić information content (AvgIpc) is 2.99. The van der Waals surface area contributed by atoms with Crippen LogP contribution in [0.4, 0.5) is 0 Å². The summed E-state index contributed by atoms with van der Waals surface area (Å²) in [5, 5.41) is 6.22. The first-order chi connectivity index (χ1) is 12.8. The molecule has 0 spiro atoms. The standard InChI is InChI=1S/C22H24N2O3/c1-15-5-9-18(10-6-15)20-14-22(3,24(23-20)16(2)25)13-17-7-11-19(12-8-17)21(26)27-4/h5-12H,13-14H2,1-4H3. The molecule has 1 unspecified atom stereocenters. The molecule has 140 valence electrons. The van der Waals surface area contributed by atoms with Crippen molar-refractivity contribution in [2.45, 2.75) is 39.2 Å². The van der Waals surface area contributed by atoms with Crippen molar-refractivity contribution in [2.24, 2.45) is 5.10 Å². The molecule has 2 aromatic rings. The molecule has 2 aromatic carbocycles. The molecule has 0 bridgehead atoms. The topological polar surface area (TPSA) is 59.0 Å². The summed E-state index contributed by atoms with van der Waals surface area (Å²) in [6.45, 7) is 5.64. The van der Waals surface area contributed by atoms with E-state index >= 15 is 0 Å². The number of methoxy groups -OCH3 is 1. The van der Waals surface area contributed by atoms with Gasteiger partial charge in [0.05, 0.1) is 23.9 Å². The maximum atomic E-state index is 12.2. The molecule has 1 heterocycles. The van der Waals surface area contributed by atoms with Crippen molar-refractivity contribution in [3.05, 3.63) is 70.8 Å². The summed E-state index contributed by atoms with van der Waals surface area (Å²) in [5.74, 6) is -0.435. The third kappa shape index (κ3) is 3.92. The van der Waals surface area contributed by atoms with Gasteiger partial charge in [0, 0.05) is 13.3 Å². The molecule has 3 rings (SSSR count). The van der Waals surface area contributed by atoms with E-state index in [0.717, 1.165) is 16.8 Å². The van der Waals surface area contributed by atoms with Crippen LogP contribution < -0.4 is 0 Å². The molecule has 1 aliphatic heterocycles. The largest absolute Gasteiger partial charge is 0.465 e. The second-order valence-corrected chi connectivity index (χ2v) is 7.28. The van der Waals surface area contributed by atoms with Gasteiger partial charge in [-0.2, -0.15) is 5.10 Å². The fraction of sp³-hybridized carbons (Fsp3) is 0.318. The minimum absolute atomic E-state index is 0.0780. The summed E-state index contributed by atoms with van der Waals surface area (Å²) in [7, 11) is 1.37. The van der Waals surface area contributed by atoms with Gasteiger partial charge >= 0.3 is 5.97 Å². The monoisotopic (exact) mass is 364 g/mol. The van der Waals surface area contributed by atoms with Crippen LogP contribution in [0.3, 0.4) is 0 Å². The zero-order chi connectivity index (χ0) is 19.6. The van der Waals surface area contributed by atoms with E-state index in [1.54, 1.807) is 24.1 Å². The first kappa shape index (κ1) is 18.8. The molecule has 1 atom stereocenters. The Labute approximate surface area is 159 Å². The smallest absolute Gasteiger partial charge is 0.337 e. The van der Waals surface area contributed by atoms with E-state index in [1.165, 1.54) is 12.7 Å². The molecule has 0 saturated carbocycles. The number of amides is 1. The molecule has 0 radical (unpaired) electrons. The lowest BCUT2D eigenvalue weighted by Crippen LogP contribution is -2.44. The first-order valence-electron chi connectivity index (χ1n) is 8.95. The van der Waals surface area contributed by atoms with E-state index in [1.807, 2.05) is 38.1 Å². The van der Waals surface area contributed by atoms with Gasteiger partial charge in [0.2, 0.25) is 5.91 Å². The normalized spacial score (nSPS) is 19.0. The molecule has 1 aliphatic rings. The lowest BCUT2D eigenvalue weighted by atomic mass is 9.86. The van der Waals surface area contributed by atoms with Crippen molar-refractivity contribution in [3.8, 4) is 0 Å². The van der Waals surface area contributed by atoms with Crippen molar-refractivity contribution >= 4 is 17.6 Å². The fourth-order valence-electron chi connectivity index (χ4n) is 3.52. The number of aryl methyl sites for hydroxylation is 1. The van der Waals surface area contributed by atoms with Crippen molar-refractivity contribution in [2.75, 3.05) is 7.11 Å². The van der Waals surface area contributed by atoms with E-state index in [-0.39, 0.29) is 11.9 Å². The Morgan fingerprint density at radius 3 is 2.30 bits per heavy atom. The number of nitrogens with zero attached hydrogens (tertiary/aromatic N) is 2. The number of rotatable bonds is 4. The number of ether oxygens (including phenoxy) is 1. The lowest BCUT2D eigenvalue weighted by Gasteiger charge is -2.32. The number of hydrogen-bond acceptors (Lipinski definition) is 4. The zero-order valence-corrected chi connectivity index (χ0v) is 16.2. The van der Waals surface area contributed by atoms with E-state index < -0.39 is 5.54 Å². The summed E-state index contributed by atoms with van der Waals surface area (Å²) in [6, 6.07) is 15.5. The number of esters is 1. The highest BCUT2D eigenvalue weighted by atomic mass is 16.5. The Kier molecular flexibility index (Phi) is 5.13. The van der Waals surface area contributed by atoms with Gasteiger partial charge in [-0.15, -0.1) is 0 Å². The van der Waals surface area contributed by atoms with Gasteiger partial charge in [-0.3, -0.25) is 4.79 Å². The van der Waals surface area contributed by atoms with Gasteiger partial charge in [-0.25, -0.2) is 9.80 Å². The van der Waals surface area contributed by atoms with Crippen molar-refractivity contribution < 1.29 is 14.3 Å². The predicted octanol–water partition coefficient (Wildman–Crippen LogP) is 3.74. The molecular weight excluding hydrogens is 340 g/mol. The maximum Gasteiger partial charge on any atom is 0.337 e. The van der Waals surface area contributed by atoms with Gasteiger partial charge in [-0.05, 0) is 43.5 Å². The third-order valence-corrected chi connectivity index (χ3v) is 4.92. The van der Waals surface area contributed by atoms with Crippen molar-refractivity contribution in [1.29, 1.82) is 0 Å². The van der Waals surface area contributed by atoms with Crippen LogP contribution in [0.1, 0.15) is 47.3 Å². The third-order valence-electron chi connectivity index (χ3n) is 4.92. The van der Waals surface area contributed by atoms with Crippen LogP contribution in [0.2, 0.25) is 0 Å². The molecule has 5 heteroatoms. The minimum atomic E-state index is -0.446. The highest BCUT2D eigenvalue weighted by molar-refractivity contribution is 6.03. The van der Waals surface area contributed by atoms with E-state index in [4.69, 9.17) is 4.74 Å². The van der Waals surface area contributed by atoms with Crippen LogP contribution in [-0.2, 0) is 16.0 Å². The van der Waals surface area contributed by atoms with Crippen LogP contribution in [-0.4, -0.2) is 35.2 Å². The molecule has 0 aromatic heterocycles. The Balaban J connectivity index is 1.84. The Bertz CT molecular complexity index is 885. The van der Waals surface area contributed by atoms with Crippen molar-refractivity contribution in [3.63, 3.8) is 0 Å². The number of carbonyl (C=O) groups is 2. The number of hydrogen-bond donors (Lipinski definition) is 0. The number of carbonyl (C=O) groups excluding carboxylic acids is 2. The minimum Gasteiger partial charge on any atom is -0.465 e. The quantitative estimate of drug-likeness (QED) is 0.777. The van der Waals surface area contributed by atoms with Crippen LogP contribution in [0.15, 0.2) is 53.6 Å². The van der Waals surface area contributed by atoms with Crippen LogP contribution in [0.5, 0.6) is 0 Å². The van der Waals surface area contributed by atoms with Crippen molar-refractivity contribution in [1.82, 2.24) is 5.01 Å². The van der Waals surface area contributed by atoms with Gasteiger partial charge < -0.3 is 4.74 Å². The van der Waals surface area contributed by atoms with Crippen LogP contribution in [0.25, 0.3) is 0 Å². The van der Waals surface area contributed by atoms with Gasteiger partial charge in [0.1, 0.15) is 0 Å². The van der Waals surface area contributed by atoms with Crippen LogP contribution >= 0.6 is 0 Å². The Hall–Kier alpha value is -2.95. The molecular formula is C22H24N2O3. The molecule has 0 fully saturated rings. The first-order valence-corrected chi connectivity index (χ1v) is 8.95. The SMILES string of the molecule is COC(=O)c1ccc(CC2(C)CC(c3ccc(C)cc3)=NN2C(C)=O)cc1. The lowest BCUT2D eigenvalue weighted by molar-refractivity contribution is -0.133. The fourth-order valence-corrected chi connectivity index (χ4v) is 3.52. The van der Waals surface area contributed by atoms with Gasteiger partial charge in [0.25, 0.3) is 0 Å². The number of benzene rings is 2. The van der Waals surface area contributed by atoms with E-state index in [0.29, 0.717) is 18.4 Å². The maximum absolute atomic E-state index is 12.2. The second-order valence-electron chi connectivity index (χ2n) is 7.28. The molecule has 0 aliphatic carbocycles. The predicted molar refractivity (Wildman–Crippen MR) is 105 cm³/mol. The summed E-state index contributed by atoms with van der Waals surface area (Å²) in [5.41, 5.74) is 4.25. The van der Waals surface area contributed by atoms with E-state index in [2.05, 4.69) is 17.2 Å². The molecule has 5 nitrogen and oxygen atoms in total. The zero-order valence-electron chi connectivity index (χ0n) is 16.2. The number of hydrazone groups is 1. The highest BCUT2D eigenvalue weighted by Crippen LogP contribution is 2.33. The summed E-state index contributed by atoms with van der Waals surface area (Å²) >= 11 is 0. The molecule has 0 N–H and O–H groups in total. The molecule has 0 saturated heterocycles. The molecule has 1 amide bonds. The Morgan fingerprint density at radius 1 is 1.11 bits per heavy atom. The van der Waals surface area contributed by atoms with Gasteiger partial charge in [-0.1, -0.05) is 42.0 Å². The summed E-state index contributed by atoms with van der Waals surface area (Å²) in [4.78, 5) is 23.8. The summed E-state index contributed by atoms with van der Waals surface area (Å²) < 4.78 is 4.74. The van der Waals surface area contributed by atoms with E-state index in [9.17, 15) is 9.59 Å². The highest BCUT2D eigenvalue weighted by Gasteiger charge is 2.41. The summed E-state index contributed by atoms with van der Waals surface area (Å²) in [6.07, 6.45) is 1.32. The average molecular weight is 364 g/mol. The van der Waals surface area contributed by atoms with Gasteiger partial charge in [0.15, 0.2) is 0 Å².